The number of carbonyl (C=O) groups is 1. The molecule has 0 amide bonds. The molecule has 0 fully saturated rings. The van der Waals surface area contributed by atoms with Gasteiger partial charge in [-0.25, -0.2) is 4.79 Å². The number of fused-ring (bicyclic) bond motifs is 3. The maximum absolute atomic E-state index is 11.0. The third-order valence-electron chi connectivity index (χ3n) is 4.45. The van der Waals surface area contributed by atoms with Crippen LogP contribution >= 0.6 is 0 Å². The standard InChI is InChI=1S/C18H13N3O4/c22-18(23)11-3-1-10(2-4-11)12-7-15-14-8-13(21(24)25)5-6-16(14)20-17(15)19-9-12/h1-9,15,17,20H,(H,22,23). The smallest absolute Gasteiger partial charge is 0.335 e. The predicted molar refractivity (Wildman–Crippen MR) is 93.1 cm³/mol. The number of nitrogens with zero attached hydrogens (tertiary/aromatic N) is 2. The number of non-ortho nitro benzene ring substituents is 1. The van der Waals surface area contributed by atoms with Crippen LogP contribution in [0.2, 0.25) is 0 Å². The van der Waals surface area contributed by atoms with Crippen molar-refractivity contribution in [3.63, 3.8) is 0 Å². The van der Waals surface area contributed by atoms with Crippen molar-refractivity contribution in [3.8, 4) is 0 Å². The highest BCUT2D eigenvalue weighted by molar-refractivity contribution is 6.11. The number of benzene rings is 2. The summed E-state index contributed by atoms with van der Waals surface area (Å²) in [6, 6.07) is 11.3. The van der Waals surface area contributed by atoms with Gasteiger partial charge in [-0.05, 0) is 34.9 Å². The minimum Gasteiger partial charge on any atom is -0.478 e. The Balaban J connectivity index is 1.70. The number of carboxylic acids is 1. The molecule has 0 aromatic heterocycles. The second kappa shape index (κ2) is 5.55. The summed E-state index contributed by atoms with van der Waals surface area (Å²) in [5.74, 6) is -1.08. The van der Waals surface area contributed by atoms with Crippen LogP contribution < -0.4 is 5.32 Å². The molecule has 0 saturated carbocycles. The van der Waals surface area contributed by atoms with E-state index in [0.717, 1.165) is 22.4 Å². The second-order valence-corrected chi connectivity index (χ2v) is 5.93. The largest absolute Gasteiger partial charge is 0.478 e. The quantitative estimate of drug-likeness (QED) is 0.661. The van der Waals surface area contributed by atoms with Gasteiger partial charge >= 0.3 is 5.97 Å². The van der Waals surface area contributed by atoms with E-state index in [1.54, 1.807) is 42.6 Å². The average Bonchev–Trinajstić information content (AvgIpc) is 2.98. The Morgan fingerprint density at radius 3 is 2.64 bits per heavy atom. The van der Waals surface area contributed by atoms with Crippen LogP contribution in [0.5, 0.6) is 0 Å². The van der Waals surface area contributed by atoms with E-state index in [1.807, 2.05) is 6.08 Å². The normalized spacial score (nSPS) is 20.2. The summed E-state index contributed by atoms with van der Waals surface area (Å²) in [6.45, 7) is 0. The molecule has 4 rings (SSSR count). The Morgan fingerprint density at radius 1 is 1.20 bits per heavy atom. The molecule has 7 heteroatoms. The van der Waals surface area contributed by atoms with Gasteiger partial charge in [-0.15, -0.1) is 0 Å². The minimum atomic E-state index is -0.973. The zero-order valence-corrected chi connectivity index (χ0v) is 12.9. The number of anilines is 1. The number of hydrogen-bond donors (Lipinski definition) is 2. The molecule has 0 spiro atoms. The summed E-state index contributed by atoms with van der Waals surface area (Å²) < 4.78 is 0. The average molecular weight is 335 g/mol. The maximum atomic E-state index is 11.0. The molecule has 2 aliphatic heterocycles. The lowest BCUT2D eigenvalue weighted by Crippen LogP contribution is -2.20. The Morgan fingerprint density at radius 2 is 1.96 bits per heavy atom. The van der Waals surface area contributed by atoms with Crippen molar-refractivity contribution in [2.75, 3.05) is 5.32 Å². The molecule has 0 bridgehead atoms. The van der Waals surface area contributed by atoms with Gasteiger partial charge in [0.05, 0.1) is 10.5 Å². The molecule has 0 saturated heterocycles. The van der Waals surface area contributed by atoms with Crippen molar-refractivity contribution in [2.24, 2.45) is 4.99 Å². The van der Waals surface area contributed by atoms with Crippen molar-refractivity contribution in [1.82, 2.24) is 0 Å². The summed E-state index contributed by atoms with van der Waals surface area (Å²) >= 11 is 0. The first-order valence-corrected chi connectivity index (χ1v) is 7.66. The van der Waals surface area contributed by atoms with Crippen LogP contribution in [0.3, 0.4) is 0 Å². The molecule has 2 aromatic carbocycles. The lowest BCUT2D eigenvalue weighted by atomic mass is 9.91. The molecule has 2 unspecified atom stereocenters. The number of nitro groups is 1. The van der Waals surface area contributed by atoms with Gasteiger partial charge in [0.2, 0.25) is 0 Å². The number of carboxylic acid groups (broad SMARTS) is 1. The van der Waals surface area contributed by atoms with E-state index < -0.39 is 10.9 Å². The molecule has 2 atom stereocenters. The van der Waals surface area contributed by atoms with E-state index >= 15 is 0 Å². The molecule has 25 heavy (non-hydrogen) atoms. The molecule has 7 nitrogen and oxygen atoms in total. The number of rotatable bonds is 3. The van der Waals surface area contributed by atoms with Gasteiger partial charge in [0.1, 0.15) is 6.17 Å². The number of allylic oxidation sites excluding steroid dienone is 1. The molecule has 2 N–H and O–H groups in total. The summed E-state index contributed by atoms with van der Waals surface area (Å²) in [4.78, 5) is 26.1. The zero-order chi connectivity index (χ0) is 17.6. The molecule has 2 heterocycles. The van der Waals surface area contributed by atoms with Crippen molar-refractivity contribution in [1.29, 1.82) is 0 Å². The van der Waals surface area contributed by atoms with E-state index in [-0.39, 0.29) is 23.3 Å². The number of hydrogen-bond acceptors (Lipinski definition) is 5. The highest BCUT2D eigenvalue weighted by Gasteiger charge is 2.33. The Kier molecular flexibility index (Phi) is 3.35. The SMILES string of the molecule is O=C(O)c1ccc(C2=CC3c4cc([N+](=O)[O-])ccc4NC3N=C2)cc1. The monoisotopic (exact) mass is 335 g/mol. The lowest BCUT2D eigenvalue weighted by Gasteiger charge is -2.19. The van der Waals surface area contributed by atoms with Gasteiger partial charge in [0.15, 0.2) is 0 Å². The fourth-order valence-electron chi connectivity index (χ4n) is 3.17. The van der Waals surface area contributed by atoms with Crippen LogP contribution in [0.25, 0.3) is 5.57 Å². The van der Waals surface area contributed by atoms with Crippen molar-refractivity contribution >= 4 is 29.1 Å². The van der Waals surface area contributed by atoms with E-state index in [2.05, 4.69) is 10.3 Å². The molecule has 0 aliphatic carbocycles. The van der Waals surface area contributed by atoms with E-state index in [0.29, 0.717) is 0 Å². The van der Waals surface area contributed by atoms with Crippen molar-refractivity contribution in [3.05, 3.63) is 75.3 Å². The fraction of sp³-hybridized carbons (Fsp3) is 0.111. The number of dihydropyridines is 1. The Bertz CT molecular complexity index is 947. The lowest BCUT2D eigenvalue weighted by molar-refractivity contribution is -0.384. The highest BCUT2D eigenvalue weighted by Crippen LogP contribution is 2.42. The molecule has 2 aliphatic rings. The summed E-state index contributed by atoms with van der Waals surface area (Å²) in [5.41, 5.74) is 3.67. The van der Waals surface area contributed by atoms with Crippen LogP contribution in [0, 0.1) is 10.1 Å². The first kappa shape index (κ1) is 15.1. The van der Waals surface area contributed by atoms with Gasteiger partial charge in [-0.1, -0.05) is 18.2 Å². The fourth-order valence-corrected chi connectivity index (χ4v) is 3.17. The number of nitro benzene ring substituents is 1. The zero-order valence-electron chi connectivity index (χ0n) is 12.9. The molecular weight excluding hydrogens is 322 g/mol. The predicted octanol–water partition coefficient (Wildman–Crippen LogP) is 3.30. The molecule has 124 valence electrons. The van der Waals surface area contributed by atoms with Crippen LogP contribution in [0.1, 0.15) is 27.4 Å². The molecular formula is C18H13N3O4. The van der Waals surface area contributed by atoms with Crippen molar-refractivity contribution < 1.29 is 14.8 Å². The van der Waals surface area contributed by atoms with E-state index in [1.165, 1.54) is 6.07 Å². The Hall–Kier alpha value is -3.48. The highest BCUT2D eigenvalue weighted by atomic mass is 16.6. The van der Waals surface area contributed by atoms with E-state index in [4.69, 9.17) is 5.11 Å². The van der Waals surface area contributed by atoms with Gasteiger partial charge in [0.25, 0.3) is 5.69 Å². The van der Waals surface area contributed by atoms with Crippen molar-refractivity contribution in [2.45, 2.75) is 12.1 Å². The van der Waals surface area contributed by atoms with Gasteiger partial charge in [-0.2, -0.15) is 0 Å². The maximum Gasteiger partial charge on any atom is 0.335 e. The first-order valence-electron chi connectivity index (χ1n) is 7.66. The van der Waals surface area contributed by atoms with Gasteiger partial charge in [-0.3, -0.25) is 15.1 Å². The topological polar surface area (TPSA) is 105 Å². The minimum absolute atomic E-state index is 0.0523. The third-order valence-corrected chi connectivity index (χ3v) is 4.45. The molecule has 2 aromatic rings. The third kappa shape index (κ3) is 2.55. The van der Waals surface area contributed by atoms with E-state index in [9.17, 15) is 14.9 Å². The summed E-state index contributed by atoms with van der Waals surface area (Å²) in [7, 11) is 0. The summed E-state index contributed by atoms with van der Waals surface area (Å²) in [6.07, 6.45) is 3.57. The number of aliphatic imine (C=N–C) groups is 1. The molecule has 0 radical (unpaired) electrons. The second-order valence-electron chi connectivity index (χ2n) is 5.93. The van der Waals surface area contributed by atoms with Gasteiger partial charge in [0, 0.05) is 30.0 Å². The Labute approximate surface area is 142 Å². The van der Waals surface area contributed by atoms with Gasteiger partial charge < -0.3 is 10.4 Å². The van der Waals surface area contributed by atoms with Crippen LogP contribution in [-0.4, -0.2) is 28.4 Å². The van der Waals surface area contributed by atoms with Crippen LogP contribution in [0.4, 0.5) is 11.4 Å². The first-order chi connectivity index (χ1) is 12.0. The number of nitrogens with one attached hydrogen (secondary N) is 1. The van der Waals surface area contributed by atoms with Crippen LogP contribution in [-0.2, 0) is 0 Å². The van der Waals surface area contributed by atoms with Crippen LogP contribution in [0.15, 0.2) is 53.5 Å². The summed E-state index contributed by atoms with van der Waals surface area (Å²) in [5, 5.41) is 23.3. The number of aromatic carboxylic acids is 1.